The molecule has 0 fully saturated rings. The number of carbonyl (C=O) groups excluding carboxylic acids is 1. The maximum absolute atomic E-state index is 11.8. The summed E-state index contributed by atoms with van der Waals surface area (Å²) in [6.07, 6.45) is 1.39. The summed E-state index contributed by atoms with van der Waals surface area (Å²) >= 11 is 11.3. The van der Waals surface area contributed by atoms with E-state index >= 15 is 0 Å². The summed E-state index contributed by atoms with van der Waals surface area (Å²) in [6.45, 7) is 3.00. The molecule has 0 aliphatic rings. The van der Waals surface area contributed by atoms with Crippen molar-refractivity contribution in [3.63, 3.8) is 0 Å². The van der Waals surface area contributed by atoms with E-state index < -0.39 is 0 Å². The van der Waals surface area contributed by atoms with Gasteiger partial charge in [0.2, 0.25) is 5.22 Å². The summed E-state index contributed by atoms with van der Waals surface area (Å²) in [4.78, 5) is 13.4. The third kappa shape index (κ3) is 2.42. The zero-order valence-electron chi connectivity index (χ0n) is 7.80. The zero-order chi connectivity index (χ0) is 10.6. The van der Waals surface area contributed by atoms with Gasteiger partial charge in [-0.05, 0) is 24.6 Å². The molecule has 5 heteroatoms. The van der Waals surface area contributed by atoms with Crippen molar-refractivity contribution in [2.24, 2.45) is 0 Å². The minimum Gasteiger partial charge on any atom is -0.452 e. The highest BCUT2D eigenvalue weighted by Crippen LogP contribution is 2.18. The van der Waals surface area contributed by atoms with Crippen LogP contribution in [-0.4, -0.2) is 29.8 Å². The number of carbonyl (C=O) groups is 1. The summed E-state index contributed by atoms with van der Waals surface area (Å²) in [5.41, 5.74) is 0.388. The van der Waals surface area contributed by atoms with E-state index in [1.165, 1.54) is 6.26 Å². The highest BCUT2D eigenvalue weighted by atomic mass is 35.5. The third-order valence-electron chi connectivity index (χ3n) is 1.87. The molecule has 1 heterocycles. The Kier molecular flexibility index (Phi) is 4.29. The maximum atomic E-state index is 11.8. The summed E-state index contributed by atoms with van der Waals surface area (Å²) in [6, 6.07) is 1.56. The highest BCUT2D eigenvalue weighted by molar-refractivity contribution is 6.32. The number of alkyl halides is 1. The number of furan rings is 1. The zero-order valence-corrected chi connectivity index (χ0v) is 9.31. The monoisotopic (exact) mass is 235 g/mol. The van der Waals surface area contributed by atoms with Gasteiger partial charge in [-0.2, -0.15) is 0 Å². The Morgan fingerprint density at radius 3 is 2.79 bits per heavy atom. The minimum absolute atomic E-state index is 0.128. The van der Waals surface area contributed by atoms with Crippen LogP contribution in [0.3, 0.4) is 0 Å². The van der Waals surface area contributed by atoms with E-state index in [0.717, 1.165) is 0 Å². The van der Waals surface area contributed by atoms with E-state index in [1.54, 1.807) is 11.0 Å². The molecule has 0 bridgehead atoms. The molecule has 0 aromatic carbocycles. The third-order valence-corrected chi connectivity index (χ3v) is 2.33. The van der Waals surface area contributed by atoms with Crippen molar-refractivity contribution in [1.82, 2.24) is 4.90 Å². The molecule has 0 radical (unpaired) electrons. The molecule has 1 aromatic heterocycles. The van der Waals surface area contributed by atoms with Crippen molar-refractivity contribution in [3.8, 4) is 0 Å². The fraction of sp³-hybridized carbons (Fsp3) is 0.444. The highest BCUT2D eigenvalue weighted by Gasteiger charge is 2.18. The molecule has 0 unspecified atom stereocenters. The summed E-state index contributed by atoms with van der Waals surface area (Å²) in [5.74, 6) is 0.265. The molecule has 78 valence electrons. The van der Waals surface area contributed by atoms with E-state index in [-0.39, 0.29) is 11.1 Å². The molecule has 0 spiro atoms. The second kappa shape index (κ2) is 5.27. The largest absolute Gasteiger partial charge is 0.452 e. The molecule has 1 aromatic rings. The predicted octanol–water partition coefficient (Wildman–Crippen LogP) is 2.63. The maximum Gasteiger partial charge on any atom is 0.258 e. The van der Waals surface area contributed by atoms with Crippen molar-refractivity contribution >= 4 is 29.1 Å². The van der Waals surface area contributed by atoms with Crippen LogP contribution in [0.15, 0.2) is 16.7 Å². The molecule has 3 nitrogen and oxygen atoms in total. The van der Waals surface area contributed by atoms with Gasteiger partial charge in [-0.3, -0.25) is 4.79 Å². The molecular weight excluding hydrogens is 225 g/mol. The summed E-state index contributed by atoms with van der Waals surface area (Å²) in [7, 11) is 0. The molecule has 0 saturated heterocycles. The van der Waals surface area contributed by atoms with Crippen LogP contribution in [0.25, 0.3) is 0 Å². The standard InChI is InChI=1S/C9H11Cl2NO2/c1-2-12(5-4-10)9(13)7-3-6-14-8(7)11/h3,6H,2,4-5H2,1H3. The Labute approximate surface area is 92.6 Å². The van der Waals surface area contributed by atoms with Gasteiger partial charge in [-0.15, -0.1) is 11.6 Å². The van der Waals surface area contributed by atoms with E-state index in [2.05, 4.69) is 0 Å². The first-order valence-corrected chi connectivity index (χ1v) is 5.20. The van der Waals surface area contributed by atoms with Gasteiger partial charge in [0, 0.05) is 19.0 Å². The first kappa shape index (κ1) is 11.4. The van der Waals surface area contributed by atoms with Crippen LogP contribution < -0.4 is 0 Å². The molecule has 0 aliphatic carbocycles. The normalized spacial score (nSPS) is 10.2. The number of hydrogen-bond donors (Lipinski definition) is 0. The Morgan fingerprint density at radius 1 is 1.64 bits per heavy atom. The van der Waals surface area contributed by atoms with E-state index in [0.29, 0.717) is 24.5 Å². The number of hydrogen-bond acceptors (Lipinski definition) is 2. The number of amides is 1. The van der Waals surface area contributed by atoms with Gasteiger partial charge in [0.1, 0.15) is 0 Å². The van der Waals surface area contributed by atoms with Gasteiger partial charge < -0.3 is 9.32 Å². The van der Waals surface area contributed by atoms with Crippen LogP contribution in [-0.2, 0) is 0 Å². The van der Waals surface area contributed by atoms with Crippen LogP contribution in [0.2, 0.25) is 5.22 Å². The predicted molar refractivity (Wildman–Crippen MR) is 56.0 cm³/mol. The van der Waals surface area contributed by atoms with Crippen molar-refractivity contribution in [2.75, 3.05) is 19.0 Å². The van der Waals surface area contributed by atoms with E-state index in [1.807, 2.05) is 6.92 Å². The second-order valence-corrected chi connectivity index (χ2v) is 3.40. The van der Waals surface area contributed by atoms with Crippen LogP contribution in [0.4, 0.5) is 0 Å². The lowest BCUT2D eigenvalue weighted by atomic mass is 10.3. The first-order valence-electron chi connectivity index (χ1n) is 4.29. The Morgan fingerprint density at radius 2 is 2.36 bits per heavy atom. The minimum atomic E-state index is -0.146. The summed E-state index contributed by atoms with van der Waals surface area (Å²) in [5, 5.41) is 0.128. The fourth-order valence-corrected chi connectivity index (χ4v) is 1.52. The molecular formula is C9H11Cl2NO2. The molecule has 1 rings (SSSR count). The Balaban J connectivity index is 2.78. The van der Waals surface area contributed by atoms with Gasteiger partial charge in [0.05, 0.1) is 11.8 Å². The molecule has 0 aliphatic heterocycles. The average Bonchev–Trinajstić information content (AvgIpc) is 2.59. The lowest BCUT2D eigenvalue weighted by Crippen LogP contribution is -2.32. The van der Waals surface area contributed by atoms with Crippen molar-refractivity contribution in [2.45, 2.75) is 6.92 Å². The number of rotatable bonds is 4. The first-order chi connectivity index (χ1) is 6.70. The lowest BCUT2D eigenvalue weighted by Gasteiger charge is -2.18. The Hall–Kier alpha value is -0.670. The Bertz CT molecular complexity index is 312. The van der Waals surface area contributed by atoms with Crippen molar-refractivity contribution < 1.29 is 9.21 Å². The fourth-order valence-electron chi connectivity index (χ4n) is 1.12. The lowest BCUT2D eigenvalue weighted by molar-refractivity contribution is 0.0773. The van der Waals surface area contributed by atoms with Gasteiger partial charge in [0.25, 0.3) is 5.91 Å². The molecule has 0 N–H and O–H groups in total. The smallest absolute Gasteiger partial charge is 0.258 e. The molecule has 1 amide bonds. The van der Waals surface area contributed by atoms with Crippen LogP contribution in [0.5, 0.6) is 0 Å². The van der Waals surface area contributed by atoms with Crippen molar-refractivity contribution in [3.05, 3.63) is 23.1 Å². The average molecular weight is 236 g/mol. The quantitative estimate of drug-likeness (QED) is 0.753. The topological polar surface area (TPSA) is 33.5 Å². The van der Waals surface area contributed by atoms with Crippen LogP contribution in [0.1, 0.15) is 17.3 Å². The second-order valence-electron chi connectivity index (χ2n) is 2.68. The van der Waals surface area contributed by atoms with Crippen molar-refractivity contribution in [1.29, 1.82) is 0 Å². The van der Waals surface area contributed by atoms with E-state index in [9.17, 15) is 4.79 Å². The van der Waals surface area contributed by atoms with Gasteiger partial charge in [0.15, 0.2) is 0 Å². The molecule has 0 atom stereocenters. The van der Waals surface area contributed by atoms with Gasteiger partial charge in [-0.1, -0.05) is 0 Å². The molecule has 14 heavy (non-hydrogen) atoms. The summed E-state index contributed by atoms with van der Waals surface area (Å²) < 4.78 is 4.84. The number of halogens is 2. The van der Waals surface area contributed by atoms with Gasteiger partial charge in [-0.25, -0.2) is 0 Å². The van der Waals surface area contributed by atoms with Gasteiger partial charge >= 0.3 is 0 Å². The SMILES string of the molecule is CCN(CCCl)C(=O)c1ccoc1Cl. The number of nitrogens with zero attached hydrogens (tertiary/aromatic N) is 1. The van der Waals surface area contributed by atoms with Crippen LogP contribution >= 0.6 is 23.2 Å². The molecule has 0 saturated carbocycles. The van der Waals surface area contributed by atoms with E-state index in [4.69, 9.17) is 27.6 Å². The van der Waals surface area contributed by atoms with Crippen LogP contribution in [0, 0.1) is 0 Å².